The highest BCUT2D eigenvalue weighted by atomic mass is 16.7. The summed E-state index contributed by atoms with van der Waals surface area (Å²) in [5.41, 5.74) is 1.01. The first-order chi connectivity index (χ1) is 8.15. The zero-order valence-corrected chi connectivity index (χ0v) is 10.6. The molecule has 94 valence electrons. The van der Waals surface area contributed by atoms with Crippen LogP contribution in [0.15, 0.2) is 11.6 Å². The molecule has 2 saturated carbocycles. The molecule has 1 spiro atoms. The fourth-order valence-electron chi connectivity index (χ4n) is 3.90. The number of Topliss-reactive ketones (excluding diaryl/α,β-unsaturated/α-hetero) is 1. The summed E-state index contributed by atoms with van der Waals surface area (Å²) < 4.78 is 11.4. The van der Waals surface area contributed by atoms with E-state index in [0.29, 0.717) is 24.0 Å². The van der Waals surface area contributed by atoms with Crippen molar-refractivity contribution in [2.24, 2.45) is 11.8 Å². The second-order valence-corrected chi connectivity index (χ2v) is 5.68. The maximum Gasteiger partial charge on any atom is 0.178 e. The van der Waals surface area contributed by atoms with Crippen molar-refractivity contribution in [1.29, 1.82) is 0 Å². The summed E-state index contributed by atoms with van der Waals surface area (Å²) >= 11 is 0. The SMILES string of the molecule is COC1C=C2CC[C@@H](C)[C@@H]3CCC(=O)C[C@]23O1. The number of rotatable bonds is 1. The third kappa shape index (κ3) is 1.59. The molecule has 2 fully saturated rings. The summed E-state index contributed by atoms with van der Waals surface area (Å²) in [5, 5.41) is 0. The van der Waals surface area contributed by atoms with Gasteiger partial charge < -0.3 is 9.47 Å². The van der Waals surface area contributed by atoms with Gasteiger partial charge in [-0.1, -0.05) is 6.92 Å². The average Bonchev–Trinajstić information content (AvgIpc) is 2.66. The third-order valence-electron chi connectivity index (χ3n) is 4.79. The molecule has 1 unspecified atom stereocenters. The fourth-order valence-corrected chi connectivity index (χ4v) is 3.90. The van der Waals surface area contributed by atoms with Crippen molar-refractivity contribution in [3.8, 4) is 0 Å². The predicted octanol–water partition coefficient (Wildman–Crippen LogP) is 2.45. The van der Waals surface area contributed by atoms with Crippen molar-refractivity contribution >= 4 is 5.78 Å². The van der Waals surface area contributed by atoms with E-state index in [1.807, 2.05) is 0 Å². The van der Waals surface area contributed by atoms with Crippen molar-refractivity contribution in [1.82, 2.24) is 0 Å². The second-order valence-electron chi connectivity index (χ2n) is 5.68. The number of carbonyl (C=O) groups excluding carboxylic acids is 1. The van der Waals surface area contributed by atoms with Crippen LogP contribution in [0.25, 0.3) is 0 Å². The van der Waals surface area contributed by atoms with Crippen LogP contribution < -0.4 is 0 Å². The molecule has 1 aliphatic heterocycles. The molecule has 17 heavy (non-hydrogen) atoms. The highest BCUT2D eigenvalue weighted by molar-refractivity contribution is 5.81. The first kappa shape index (κ1) is 11.4. The Balaban J connectivity index is 1.97. The minimum absolute atomic E-state index is 0.247. The van der Waals surface area contributed by atoms with Gasteiger partial charge in [0, 0.05) is 20.0 Å². The molecule has 0 bridgehead atoms. The van der Waals surface area contributed by atoms with E-state index in [-0.39, 0.29) is 11.9 Å². The van der Waals surface area contributed by atoms with Gasteiger partial charge in [0.1, 0.15) is 11.4 Å². The van der Waals surface area contributed by atoms with Gasteiger partial charge in [-0.25, -0.2) is 0 Å². The lowest BCUT2D eigenvalue weighted by molar-refractivity contribution is -0.187. The van der Waals surface area contributed by atoms with Crippen LogP contribution in [-0.4, -0.2) is 24.8 Å². The molecule has 0 saturated heterocycles. The largest absolute Gasteiger partial charge is 0.352 e. The summed E-state index contributed by atoms with van der Waals surface area (Å²) in [6, 6.07) is 0. The van der Waals surface area contributed by atoms with Crippen molar-refractivity contribution < 1.29 is 14.3 Å². The van der Waals surface area contributed by atoms with Crippen LogP contribution in [0.4, 0.5) is 0 Å². The van der Waals surface area contributed by atoms with E-state index in [0.717, 1.165) is 19.3 Å². The topological polar surface area (TPSA) is 35.5 Å². The van der Waals surface area contributed by atoms with Gasteiger partial charge in [-0.2, -0.15) is 0 Å². The lowest BCUT2D eigenvalue weighted by Gasteiger charge is -2.48. The van der Waals surface area contributed by atoms with Gasteiger partial charge in [-0.15, -0.1) is 0 Å². The van der Waals surface area contributed by atoms with E-state index < -0.39 is 0 Å². The van der Waals surface area contributed by atoms with Crippen LogP contribution >= 0.6 is 0 Å². The molecule has 3 heteroatoms. The number of ketones is 1. The Hall–Kier alpha value is -0.670. The molecule has 3 rings (SSSR count). The molecule has 3 nitrogen and oxygen atoms in total. The molecule has 0 amide bonds. The normalized spacial score (nSPS) is 45.2. The van der Waals surface area contributed by atoms with Gasteiger partial charge in [-0.05, 0) is 42.7 Å². The zero-order valence-electron chi connectivity index (χ0n) is 10.6. The molecule has 2 aliphatic carbocycles. The molecular weight excluding hydrogens is 216 g/mol. The molecule has 0 aromatic heterocycles. The minimum Gasteiger partial charge on any atom is -0.352 e. The van der Waals surface area contributed by atoms with Crippen LogP contribution in [0.1, 0.15) is 39.0 Å². The summed E-state index contributed by atoms with van der Waals surface area (Å²) in [6.07, 6.45) is 6.39. The monoisotopic (exact) mass is 236 g/mol. The lowest BCUT2D eigenvalue weighted by Crippen LogP contribution is -2.51. The first-order valence-corrected chi connectivity index (χ1v) is 6.59. The van der Waals surface area contributed by atoms with Crippen LogP contribution in [0.2, 0.25) is 0 Å². The van der Waals surface area contributed by atoms with Crippen LogP contribution in [0.3, 0.4) is 0 Å². The Bertz CT molecular complexity index is 374. The van der Waals surface area contributed by atoms with Crippen molar-refractivity contribution in [2.45, 2.75) is 50.9 Å². The maximum absolute atomic E-state index is 11.8. The Morgan fingerprint density at radius 2 is 2.24 bits per heavy atom. The van der Waals surface area contributed by atoms with E-state index in [2.05, 4.69) is 13.0 Å². The van der Waals surface area contributed by atoms with Gasteiger partial charge in [-0.3, -0.25) is 4.79 Å². The second kappa shape index (κ2) is 3.92. The van der Waals surface area contributed by atoms with Crippen LogP contribution in [-0.2, 0) is 14.3 Å². The standard InChI is InChI=1S/C14H20O3/c1-9-3-4-10-7-13(16-2)17-14(10)8-11(15)5-6-12(9)14/h7,9,12-13H,3-6,8H2,1-2H3/t9-,12+,13?,14+/m1/s1. The number of hydrogen-bond acceptors (Lipinski definition) is 3. The Kier molecular flexibility index (Phi) is 2.64. The van der Waals surface area contributed by atoms with Gasteiger partial charge in [0.15, 0.2) is 6.29 Å². The van der Waals surface area contributed by atoms with Gasteiger partial charge in [0.2, 0.25) is 0 Å². The molecule has 4 atom stereocenters. The maximum atomic E-state index is 11.8. The molecular formula is C14H20O3. The van der Waals surface area contributed by atoms with E-state index in [4.69, 9.17) is 9.47 Å². The van der Waals surface area contributed by atoms with Gasteiger partial charge in [0.25, 0.3) is 0 Å². The highest BCUT2D eigenvalue weighted by Gasteiger charge is 2.55. The minimum atomic E-state index is -0.312. The third-order valence-corrected chi connectivity index (χ3v) is 4.79. The van der Waals surface area contributed by atoms with Crippen LogP contribution in [0, 0.1) is 11.8 Å². The van der Waals surface area contributed by atoms with E-state index in [1.165, 1.54) is 12.0 Å². The summed E-state index contributed by atoms with van der Waals surface area (Å²) in [4.78, 5) is 11.8. The average molecular weight is 236 g/mol. The van der Waals surface area contributed by atoms with E-state index >= 15 is 0 Å². The number of methoxy groups -OCH3 is 1. The Morgan fingerprint density at radius 3 is 3.00 bits per heavy atom. The Morgan fingerprint density at radius 1 is 1.41 bits per heavy atom. The lowest BCUT2D eigenvalue weighted by atomic mass is 9.61. The molecule has 0 radical (unpaired) electrons. The highest BCUT2D eigenvalue weighted by Crippen LogP contribution is 2.53. The summed E-state index contributed by atoms with van der Waals surface area (Å²) in [7, 11) is 1.67. The molecule has 0 aromatic carbocycles. The van der Waals surface area contributed by atoms with Crippen LogP contribution in [0.5, 0.6) is 0 Å². The van der Waals surface area contributed by atoms with Crippen molar-refractivity contribution in [2.75, 3.05) is 7.11 Å². The predicted molar refractivity (Wildman–Crippen MR) is 63.4 cm³/mol. The summed E-state index contributed by atoms with van der Waals surface area (Å²) in [6.45, 7) is 2.29. The van der Waals surface area contributed by atoms with Crippen molar-refractivity contribution in [3.63, 3.8) is 0 Å². The van der Waals surface area contributed by atoms with E-state index in [1.54, 1.807) is 7.11 Å². The Labute approximate surface area is 102 Å². The quantitative estimate of drug-likeness (QED) is 0.656. The van der Waals surface area contributed by atoms with Crippen molar-refractivity contribution in [3.05, 3.63) is 11.6 Å². The smallest absolute Gasteiger partial charge is 0.178 e. The van der Waals surface area contributed by atoms with Gasteiger partial charge >= 0.3 is 0 Å². The van der Waals surface area contributed by atoms with E-state index in [9.17, 15) is 4.79 Å². The van der Waals surface area contributed by atoms with Gasteiger partial charge in [0.05, 0.1) is 0 Å². The first-order valence-electron chi connectivity index (χ1n) is 6.59. The molecule has 1 heterocycles. The zero-order chi connectivity index (χ0) is 12.0. The number of hydrogen-bond donors (Lipinski definition) is 0. The number of carbonyl (C=O) groups is 1. The number of ether oxygens (including phenoxy) is 2. The fraction of sp³-hybridized carbons (Fsp3) is 0.786. The molecule has 3 aliphatic rings. The molecule has 0 N–H and O–H groups in total. The summed E-state index contributed by atoms with van der Waals surface area (Å²) in [5.74, 6) is 1.49. The molecule has 0 aromatic rings.